The van der Waals surface area contributed by atoms with E-state index >= 15 is 0 Å². The molecule has 0 radical (unpaired) electrons. The first-order chi connectivity index (χ1) is 31.5. The number of unbranched alkanes of at least 4 members (excludes halogenated alkanes) is 10. The Morgan fingerprint density at radius 3 is 1.60 bits per heavy atom. The number of thioether (sulfide) groups is 1. The number of carboxylic acids is 4. The summed E-state index contributed by atoms with van der Waals surface area (Å²) >= 11 is 9.93. The SMILES string of the molecule is CC(C)(C)CC(C)(C)c1ccc(OCCOc2ccc(C(=O)O)cc2)cc1.CCCCCCCCCCCCCC(=O)O.Cc1ccc(Br)cc1C(=O)O.O=C(O)CSc1ccc(F)cc1Cl. The highest BCUT2D eigenvalue weighted by Crippen LogP contribution is 2.36. The van der Waals surface area contributed by atoms with Crippen molar-refractivity contribution in [1.29, 1.82) is 0 Å². The number of carbonyl (C=O) groups is 4. The number of aromatic carboxylic acids is 2. The lowest BCUT2D eigenvalue weighted by molar-refractivity contribution is -0.137. The van der Waals surface area contributed by atoms with E-state index in [0.29, 0.717) is 35.8 Å². The molecule has 4 N–H and O–H groups in total. The zero-order valence-electron chi connectivity index (χ0n) is 40.2. The molecule has 0 aromatic heterocycles. The Labute approximate surface area is 415 Å². The van der Waals surface area contributed by atoms with E-state index in [4.69, 9.17) is 41.5 Å². The Kier molecular flexibility index (Phi) is 29.8. The molecule has 4 aromatic rings. The highest BCUT2D eigenvalue weighted by atomic mass is 79.9. The summed E-state index contributed by atoms with van der Waals surface area (Å²) in [5.74, 6) is -2.47. The van der Waals surface area contributed by atoms with Gasteiger partial charge in [-0.1, -0.05) is 151 Å². The Balaban J connectivity index is 0.000000479. The molecule has 0 aliphatic carbocycles. The van der Waals surface area contributed by atoms with E-state index in [-0.39, 0.29) is 27.2 Å². The summed E-state index contributed by atoms with van der Waals surface area (Å²) in [5.41, 5.74) is 3.06. The van der Waals surface area contributed by atoms with E-state index in [1.165, 1.54) is 87.6 Å². The fourth-order valence-electron chi connectivity index (χ4n) is 6.94. The van der Waals surface area contributed by atoms with Gasteiger partial charge in [0.1, 0.15) is 30.5 Å². The molecule has 0 aliphatic rings. The second-order valence-electron chi connectivity index (χ2n) is 17.9. The summed E-state index contributed by atoms with van der Waals surface area (Å²) in [6.07, 6.45) is 15.5. The van der Waals surface area contributed by atoms with Crippen molar-refractivity contribution in [2.24, 2.45) is 5.41 Å². The predicted octanol–water partition coefficient (Wildman–Crippen LogP) is 15.4. The molecular formula is C53H71BrClFO10S. The second kappa shape index (κ2) is 33.0. The van der Waals surface area contributed by atoms with Crippen LogP contribution in [0.3, 0.4) is 0 Å². The van der Waals surface area contributed by atoms with Crippen molar-refractivity contribution < 1.29 is 53.5 Å². The Morgan fingerprint density at radius 2 is 1.16 bits per heavy atom. The normalized spacial score (nSPS) is 10.8. The molecule has 14 heteroatoms. The summed E-state index contributed by atoms with van der Waals surface area (Å²) < 4.78 is 24.6. The number of ether oxygens (including phenoxy) is 2. The topological polar surface area (TPSA) is 168 Å². The molecule has 0 unspecified atom stereocenters. The van der Waals surface area contributed by atoms with Crippen molar-refractivity contribution in [3.8, 4) is 11.5 Å². The molecule has 4 aromatic carbocycles. The largest absolute Gasteiger partial charge is 0.490 e. The van der Waals surface area contributed by atoms with Crippen LogP contribution in [0.15, 0.2) is 94.3 Å². The molecule has 4 rings (SSSR count). The van der Waals surface area contributed by atoms with Gasteiger partial charge in [0, 0.05) is 15.8 Å². The maximum Gasteiger partial charge on any atom is 0.335 e. The lowest BCUT2D eigenvalue weighted by atomic mass is 9.72. The molecule has 0 fully saturated rings. The Hall–Kier alpha value is -4.59. The zero-order chi connectivity index (χ0) is 50.4. The van der Waals surface area contributed by atoms with Crippen LogP contribution in [-0.2, 0) is 15.0 Å². The minimum absolute atomic E-state index is 0.0780. The third-order valence-corrected chi connectivity index (χ3v) is 12.0. The third-order valence-electron chi connectivity index (χ3n) is 10.00. The third kappa shape index (κ3) is 29.0. The highest BCUT2D eigenvalue weighted by molar-refractivity contribution is 9.10. The van der Waals surface area contributed by atoms with E-state index < -0.39 is 29.7 Å². The fraction of sp³-hybridized carbons (Fsp3) is 0.472. The number of hydrogen-bond acceptors (Lipinski definition) is 7. The molecule has 10 nitrogen and oxygen atoms in total. The molecule has 67 heavy (non-hydrogen) atoms. The molecule has 0 aliphatic heterocycles. The van der Waals surface area contributed by atoms with Crippen molar-refractivity contribution in [2.45, 2.75) is 142 Å². The average molecular weight is 1030 g/mol. The first-order valence-electron chi connectivity index (χ1n) is 22.7. The van der Waals surface area contributed by atoms with Gasteiger partial charge in [-0.2, -0.15) is 0 Å². The maximum atomic E-state index is 12.5. The van der Waals surface area contributed by atoms with Crippen LogP contribution in [0.4, 0.5) is 4.39 Å². The van der Waals surface area contributed by atoms with Crippen LogP contribution < -0.4 is 9.47 Å². The van der Waals surface area contributed by atoms with Gasteiger partial charge < -0.3 is 29.9 Å². The van der Waals surface area contributed by atoms with Crippen LogP contribution in [0.1, 0.15) is 157 Å². The van der Waals surface area contributed by atoms with E-state index in [9.17, 15) is 23.6 Å². The van der Waals surface area contributed by atoms with E-state index in [1.807, 2.05) is 18.2 Å². The minimum atomic E-state index is -0.945. The predicted molar refractivity (Wildman–Crippen MR) is 272 cm³/mol. The quantitative estimate of drug-likeness (QED) is 0.0389. The minimum Gasteiger partial charge on any atom is -0.490 e. The van der Waals surface area contributed by atoms with Gasteiger partial charge in [-0.15, -0.1) is 11.8 Å². The Bertz CT molecular complexity index is 2070. The molecule has 370 valence electrons. The fourth-order valence-corrected chi connectivity index (χ4v) is 8.27. The van der Waals surface area contributed by atoms with Crippen LogP contribution in [0.25, 0.3) is 0 Å². The van der Waals surface area contributed by atoms with Gasteiger partial charge in [0.2, 0.25) is 0 Å². The zero-order valence-corrected chi connectivity index (χ0v) is 43.3. The first-order valence-corrected chi connectivity index (χ1v) is 24.9. The molecule has 0 heterocycles. The lowest BCUT2D eigenvalue weighted by Gasteiger charge is -2.33. The lowest BCUT2D eigenvalue weighted by Crippen LogP contribution is -2.24. The molecule has 0 amide bonds. The van der Waals surface area contributed by atoms with Gasteiger partial charge in [0.25, 0.3) is 0 Å². The standard InChI is InChI=1S/C23H30O4.C14H28O2.C8H7BrO2.C8H6ClFO2S/c1-22(2,3)16-23(4,5)18-8-12-20(13-9-18)27-15-14-26-19-10-6-17(7-11-19)21(24)25;1-2-3-4-5-6-7-8-9-10-11-12-13-14(15)16;1-5-2-3-6(9)4-7(5)8(10)11;9-6-3-5(10)1-2-7(6)13-4-8(11)12/h6-13H,14-16H2,1-5H3,(H,24,25);2-13H2,1H3,(H,15,16);2-4H,1H3,(H,10,11);1-3H,4H2,(H,11,12). The number of benzene rings is 4. The van der Waals surface area contributed by atoms with Crippen LogP contribution in [0, 0.1) is 18.2 Å². The van der Waals surface area contributed by atoms with E-state index in [2.05, 4.69) is 69.6 Å². The van der Waals surface area contributed by atoms with Crippen molar-refractivity contribution in [2.75, 3.05) is 19.0 Å². The summed E-state index contributed by atoms with van der Waals surface area (Å²) in [5, 5.41) is 34.6. The number of hydrogen-bond donors (Lipinski definition) is 4. The highest BCUT2D eigenvalue weighted by Gasteiger charge is 2.27. The number of aliphatic carboxylic acids is 2. The van der Waals surface area contributed by atoms with Crippen molar-refractivity contribution in [3.63, 3.8) is 0 Å². The maximum absolute atomic E-state index is 12.5. The number of carboxylic acid groups (broad SMARTS) is 4. The summed E-state index contributed by atoms with van der Waals surface area (Å²) in [4.78, 5) is 42.4. The van der Waals surface area contributed by atoms with Crippen LogP contribution in [0.2, 0.25) is 5.02 Å². The molecule has 0 saturated carbocycles. The monoisotopic (exact) mass is 1030 g/mol. The van der Waals surface area contributed by atoms with Gasteiger partial charge in [-0.05, 0) is 108 Å². The first kappa shape index (κ1) is 60.4. The summed E-state index contributed by atoms with van der Waals surface area (Å²) in [6.45, 7) is 16.2. The van der Waals surface area contributed by atoms with E-state index in [0.717, 1.165) is 52.9 Å². The smallest absolute Gasteiger partial charge is 0.335 e. The summed E-state index contributed by atoms with van der Waals surface area (Å²) in [6, 6.07) is 23.7. The van der Waals surface area contributed by atoms with Crippen LogP contribution >= 0.6 is 39.3 Å². The van der Waals surface area contributed by atoms with Crippen LogP contribution in [0.5, 0.6) is 11.5 Å². The van der Waals surface area contributed by atoms with Crippen molar-refractivity contribution in [3.05, 3.63) is 122 Å². The van der Waals surface area contributed by atoms with Crippen molar-refractivity contribution >= 4 is 63.2 Å². The molecule has 0 bridgehead atoms. The number of halogens is 3. The average Bonchev–Trinajstić information content (AvgIpc) is 3.25. The van der Waals surface area contributed by atoms with Crippen molar-refractivity contribution in [1.82, 2.24) is 0 Å². The Morgan fingerprint density at radius 1 is 0.657 bits per heavy atom. The number of aryl methyl sites for hydroxylation is 1. The molecule has 0 saturated heterocycles. The van der Waals surface area contributed by atoms with Crippen LogP contribution in [-0.4, -0.2) is 63.3 Å². The molecule has 0 spiro atoms. The van der Waals surface area contributed by atoms with Gasteiger partial charge in [0.15, 0.2) is 0 Å². The van der Waals surface area contributed by atoms with E-state index in [1.54, 1.807) is 31.2 Å². The van der Waals surface area contributed by atoms with Gasteiger partial charge in [-0.25, -0.2) is 14.0 Å². The summed E-state index contributed by atoms with van der Waals surface area (Å²) in [7, 11) is 0. The van der Waals surface area contributed by atoms with Gasteiger partial charge in [-0.3, -0.25) is 9.59 Å². The number of rotatable bonds is 24. The second-order valence-corrected chi connectivity index (χ2v) is 20.2. The molecule has 0 atom stereocenters. The molecular weight excluding hydrogens is 963 g/mol. The van der Waals surface area contributed by atoms with Gasteiger partial charge >= 0.3 is 23.9 Å². The van der Waals surface area contributed by atoms with Gasteiger partial charge in [0.05, 0.1) is 21.9 Å².